The molecule has 0 aromatic heterocycles. The van der Waals surface area contributed by atoms with Crippen molar-refractivity contribution in [3.8, 4) is 0 Å². The number of fused-ring (bicyclic) bond motifs is 1. The molecule has 0 atom stereocenters. The molecule has 142 valence electrons. The molecular formula is C25H28N3+. The number of hydrazone groups is 1. The minimum atomic E-state index is 1.01. The molecule has 0 radical (unpaired) electrons. The maximum Gasteiger partial charge on any atom is 0.104 e. The van der Waals surface area contributed by atoms with Gasteiger partial charge in [0.1, 0.15) is 6.54 Å². The summed E-state index contributed by atoms with van der Waals surface area (Å²) in [5.41, 5.74) is 3.85. The third-order valence-electron chi connectivity index (χ3n) is 5.39. The van der Waals surface area contributed by atoms with E-state index in [-0.39, 0.29) is 0 Å². The highest BCUT2D eigenvalue weighted by Crippen LogP contribution is 2.17. The minimum absolute atomic E-state index is 1.01. The number of benzene rings is 3. The second-order valence-corrected chi connectivity index (χ2v) is 7.56. The second kappa shape index (κ2) is 8.85. The van der Waals surface area contributed by atoms with Crippen LogP contribution in [-0.4, -0.2) is 37.4 Å². The fourth-order valence-corrected chi connectivity index (χ4v) is 3.84. The molecular weight excluding hydrogens is 342 g/mol. The van der Waals surface area contributed by atoms with E-state index in [1.807, 2.05) is 12.3 Å². The Bertz CT molecular complexity index is 962. The van der Waals surface area contributed by atoms with E-state index >= 15 is 0 Å². The van der Waals surface area contributed by atoms with Crippen molar-refractivity contribution < 1.29 is 4.90 Å². The van der Waals surface area contributed by atoms with Crippen molar-refractivity contribution in [2.75, 3.05) is 26.2 Å². The summed E-state index contributed by atoms with van der Waals surface area (Å²) in [7, 11) is 0. The van der Waals surface area contributed by atoms with Crippen molar-refractivity contribution in [1.82, 2.24) is 5.01 Å². The first kappa shape index (κ1) is 18.5. The van der Waals surface area contributed by atoms with Crippen LogP contribution in [0.2, 0.25) is 0 Å². The normalized spacial score (nSPS) is 16.2. The van der Waals surface area contributed by atoms with Gasteiger partial charge in [-0.15, -0.1) is 0 Å². The van der Waals surface area contributed by atoms with E-state index in [1.54, 1.807) is 4.90 Å². The standard InChI is InChI=1S/C25H27N3/c1-21(18-22-8-3-2-4-9-22)19-26-28-16-14-27(15-17-28)20-24-12-7-11-23-10-5-6-13-25(23)24/h2-13,18-19H,14-17,20H2,1H3/p+1/b21-18+,26-19-. The lowest BCUT2D eigenvalue weighted by molar-refractivity contribution is -0.918. The molecule has 1 N–H and O–H groups in total. The molecule has 0 aliphatic carbocycles. The lowest BCUT2D eigenvalue weighted by Gasteiger charge is -2.30. The van der Waals surface area contributed by atoms with Gasteiger partial charge in [0.25, 0.3) is 0 Å². The van der Waals surface area contributed by atoms with Gasteiger partial charge in [0.2, 0.25) is 0 Å². The molecule has 0 spiro atoms. The minimum Gasteiger partial charge on any atom is -0.328 e. The maximum atomic E-state index is 4.70. The van der Waals surface area contributed by atoms with Crippen molar-refractivity contribution in [3.63, 3.8) is 0 Å². The Morgan fingerprint density at radius 3 is 2.46 bits per heavy atom. The van der Waals surface area contributed by atoms with Gasteiger partial charge in [-0.1, -0.05) is 78.9 Å². The van der Waals surface area contributed by atoms with Crippen molar-refractivity contribution in [2.24, 2.45) is 5.10 Å². The zero-order chi connectivity index (χ0) is 19.2. The smallest absolute Gasteiger partial charge is 0.104 e. The van der Waals surface area contributed by atoms with E-state index in [0.29, 0.717) is 0 Å². The fourth-order valence-electron chi connectivity index (χ4n) is 3.84. The largest absolute Gasteiger partial charge is 0.328 e. The predicted octanol–water partition coefficient (Wildman–Crippen LogP) is 3.63. The van der Waals surface area contributed by atoms with Crippen LogP contribution in [-0.2, 0) is 6.54 Å². The Hall–Kier alpha value is -2.91. The summed E-state index contributed by atoms with van der Waals surface area (Å²) in [6.07, 6.45) is 4.16. The number of hydrogen-bond acceptors (Lipinski definition) is 2. The quantitative estimate of drug-likeness (QED) is 0.680. The number of hydrogen-bond donors (Lipinski definition) is 1. The SMILES string of the molecule is CC(/C=N\N1CC[NH+](Cc2cccc3ccccc23)CC1)=C\c1ccccc1. The topological polar surface area (TPSA) is 20.0 Å². The Morgan fingerprint density at radius 2 is 1.64 bits per heavy atom. The molecule has 0 bridgehead atoms. The lowest BCUT2D eigenvalue weighted by Crippen LogP contribution is -3.13. The van der Waals surface area contributed by atoms with Gasteiger partial charge in [0.05, 0.1) is 26.2 Å². The molecule has 1 aliphatic rings. The summed E-state index contributed by atoms with van der Waals surface area (Å²) in [6.45, 7) is 7.47. The molecule has 3 aromatic rings. The van der Waals surface area contributed by atoms with Crippen LogP contribution in [0.5, 0.6) is 0 Å². The molecule has 3 heteroatoms. The van der Waals surface area contributed by atoms with E-state index in [2.05, 4.69) is 84.7 Å². The van der Waals surface area contributed by atoms with Crippen LogP contribution in [0.1, 0.15) is 18.1 Å². The Balaban J connectivity index is 1.33. The zero-order valence-electron chi connectivity index (χ0n) is 16.5. The molecule has 1 aliphatic heterocycles. The van der Waals surface area contributed by atoms with Crippen LogP contribution in [0.15, 0.2) is 83.5 Å². The average molecular weight is 371 g/mol. The summed E-state index contributed by atoms with van der Waals surface area (Å²) in [5.74, 6) is 0. The highest BCUT2D eigenvalue weighted by atomic mass is 15.5. The molecule has 1 saturated heterocycles. The third-order valence-corrected chi connectivity index (χ3v) is 5.39. The Kier molecular flexibility index (Phi) is 5.83. The van der Waals surface area contributed by atoms with Gasteiger partial charge in [-0.25, -0.2) is 0 Å². The first-order chi connectivity index (χ1) is 13.8. The van der Waals surface area contributed by atoms with Crippen LogP contribution < -0.4 is 4.90 Å². The molecule has 0 amide bonds. The summed E-state index contributed by atoms with van der Waals surface area (Å²) in [5, 5.41) is 9.63. The van der Waals surface area contributed by atoms with Gasteiger partial charge < -0.3 is 4.90 Å². The van der Waals surface area contributed by atoms with Crippen molar-refractivity contribution in [3.05, 3.63) is 89.5 Å². The molecule has 28 heavy (non-hydrogen) atoms. The van der Waals surface area contributed by atoms with Gasteiger partial charge in [0.15, 0.2) is 0 Å². The predicted molar refractivity (Wildman–Crippen MR) is 119 cm³/mol. The number of nitrogens with zero attached hydrogens (tertiary/aromatic N) is 2. The molecule has 0 unspecified atom stereocenters. The average Bonchev–Trinajstić information content (AvgIpc) is 2.74. The molecule has 1 heterocycles. The van der Waals surface area contributed by atoms with E-state index in [9.17, 15) is 0 Å². The van der Waals surface area contributed by atoms with Crippen LogP contribution in [0.25, 0.3) is 16.8 Å². The summed E-state index contributed by atoms with van der Waals surface area (Å²) in [6, 6.07) is 25.8. The van der Waals surface area contributed by atoms with E-state index in [0.717, 1.165) is 32.7 Å². The van der Waals surface area contributed by atoms with E-state index in [4.69, 9.17) is 5.10 Å². The van der Waals surface area contributed by atoms with Gasteiger partial charge in [0, 0.05) is 11.8 Å². The fraction of sp³-hybridized carbons (Fsp3) is 0.240. The monoisotopic (exact) mass is 370 g/mol. The summed E-state index contributed by atoms with van der Waals surface area (Å²) >= 11 is 0. The molecule has 4 rings (SSSR count). The lowest BCUT2D eigenvalue weighted by atomic mass is 10.0. The van der Waals surface area contributed by atoms with Crippen LogP contribution in [0.3, 0.4) is 0 Å². The zero-order valence-corrected chi connectivity index (χ0v) is 16.5. The van der Waals surface area contributed by atoms with E-state index in [1.165, 1.54) is 27.5 Å². The maximum absolute atomic E-state index is 4.70. The first-order valence-corrected chi connectivity index (χ1v) is 10.1. The van der Waals surface area contributed by atoms with Crippen LogP contribution in [0, 0.1) is 0 Å². The summed E-state index contributed by atoms with van der Waals surface area (Å²) in [4.78, 5) is 1.64. The molecule has 3 aromatic carbocycles. The number of allylic oxidation sites excluding steroid dienone is 1. The summed E-state index contributed by atoms with van der Waals surface area (Å²) < 4.78 is 0. The first-order valence-electron chi connectivity index (χ1n) is 10.1. The van der Waals surface area contributed by atoms with Gasteiger partial charge in [-0.2, -0.15) is 5.10 Å². The molecule has 3 nitrogen and oxygen atoms in total. The van der Waals surface area contributed by atoms with Gasteiger partial charge in [-0.3, -0.25) is 5.01 Å². The molecule has 0 saturated carbocycles. The second-order valence-electron chi connectivity index (χ2n) is 7.56. The van der Waals surface area contributed by atoms with Crippen molar-refractivity contribution in [1.29, 1.82) is 0 Å². The van der Waals surface area contributed by atoms with Crippen LogP contribution in [0.4, 0.5) is 0 Å². The number of piperazine rings is 1. The number of rotatable bonds is 5. The third kappa shape index (κ3) is 4.68. The molecule has 1 fully saturated rings. The highest BCUT2D eigenvalue weighted by molar-refractivity contribution is 5.85. The van der Waals surface area contributed by atoms with Gasteiger partial charge in [-0.05, 0) is 28.8 Å². The Morgan fingerprint density at radius 1 is 0.929 bits per heavy atom. The number of nitrogens with one attached hydrogen (secondary N) is 1. The highest BCUT2D eigenvalue weighted by Gasteiger charge is 2.19. The van der Waals surface area contributed by atoms with E-state index < -0.39 is 0 Å². The van der Waals surface area contributed by atoms with Gasteiger partial charge >= 0.3 is 0 Å². The number of quaternary nitrogens is 1. The van der Waals surface area contributed by atoms with Crippen LogP contribution >= 0.6 is 0 Å². The van der Waals surface area contributed by atoms with Crippen molar-refractivity contribution in [2.45, 2.75) is 13.5 Å². The van der Waals surface area contributed by atoms with Crippen molar-refractivity contribution >= 4 is 23.1 Å². The Labute approximate surface area is 167 Å².